The molecule has 0 heterocycles. The van der Waals surface area contributed by atoms with Crippen molar-refractivity contribution in [1.29, 1.82) is 0 Å². The van der Waals surface area contributed by atoms with Gasteiger partial charge in [0.1, 0.15) is 23.2 Å². The average Bonchev–Trinajstić information content (AvgIpc) is 3.07. The maximum atomic E-state index is 13.0. The third-order valence-corrected chi connectivity index (χ3v) is 8.40. The molecule has 31 heavy (non-hydrogen) atoms. The fourth-order valence-electron chi connectivity index (χ4n) is 5.36. The van der Waals surface area contributed by atoms with Gasteiger partial charge in [0, 0.05) is 33.7 Å². The van der Waals surface area contributed by atoms with E-state index in [-0.39, 0.29) is 28.7 Å². The van der Waals surface area contributed by atoms with E-state index in [1.165, 1.54) is 6.42 Å². The number of anilines is 1. The van der Waals surface area contributed by atoms with Crippen molar-refractivity contribution in [3.05, 3.63) is 52.0 Å². The summed E-state index contributed by atoms with van der Waals surface area (Å²) < 4.78 is 12.4. The smallest absolute Gasteiger partial charge is 0.342 e. The van der Waals surface area contributed by atoms with Gasteiger partial charge in [-0.05, 0) is 60.9 Å². The average molecular weight is 488 g/mol. The summed E-state index contributed by atoms with van der Waals surface area (Å²) in [5.41, 5.74) is 2.20. The summed E-state index contributed by atoms with van der Waals surface area (Å²) in [5, 5.41) is 13.3. The Labute approximate surface area is 192 Å². The molecule has 5 nitrogen and oxygen atoms in total. The van der Waals surface area contributed by atoms with Crippen molar-refractivity contribution in [1.82, 2.24) is 0 Å². The van der Waals surface area contributed by atoms with Crippen LogP contribution in [-0.2, 0) is 11.3 Å². The monoisotopic (exact) mass is 487 g/mol. The molecule has 3 atom stereocenters. The first kappa shape index (κ1) is 22.0. The summed E-state index contributed by atoms with van der Waals surface area (Å²) >= 11 is 3.42. The molecule has 3 unspecified atom stereocenters. The highest BCUT2D eigenvalue weighted by molar-refractivity contribution is 9.10. The van der Waals surface area contributed by atoms with E-state index in [4.69, 9.17) is 9.47 Å². The molecular formula is C25H30BrNO4. The molecule has 0 aromatic heterocycles. The Morgan fingerprint density at radius 2 is 2.00 bits per heavy atom. The molecule has 0 aliphatic heterocycles. The zero-order valence-electron chi connectivity index (χ0n) is 18.5. The summed E-state index contributed by atoms with van der Waals surface area (Å²) in [7, 11) is 1.55. The Kier molecular flexibility index (Phi) is 5.71. The topological polar surface area (TPSA) is 67.8 Å². The van der Waals surface area contributed by atoms with Crippen LogP contribution >= 0.6 is 15.9 Å². The predicted octanol–water partition coefficient (Wildman–Crippen LogP) is 6.15. The number of carbonyl (C=O) groups excluding carboxylic acids is 1. The Hall–Kier alpha value is -2.21. The van der Waals surface area contributed by atoms with E-state index >= 15 is 0 Å². The minimum Gasteiger partial charge on any atom is -0.508 e. The van der Waals surface area contributed by atoms with E-state index in [1.807, 2.05) is 12.1 Å². The standard InChI is InChI=1S/C25H30BrNO4/c1-24(2)16-9-10-25(24,3)22(12-16)31-23(29)19-7-6-18(13-21(19)30-4)27-14-15-11-17(26)5-8-20(15)28/h5-8,11,13,16,22,27-28H,9-10,12,14H2,1-4H3. The van der Waals surface area contributed by atoms with Gasteiger partial charge in [-0.1, -0.05) is 36.7 Å². The number of rotatable bonds is 6. The molecule has 0 spiro atoms. The number of methoxy groups -OCH3 is 1. The zero-order chi connectivity index (χ0) is 22.4. The van der Waals surface area contributed by atoms with Gasteiger partial charge in [-0.15, -0.1) is 0 Å². The highest BCUT2D eigenvalue weighted by Gasteiger charge is 2.62. The summed E-state index contributed by atoms with van der Waals surface area (Å²) in [6, 6.07) is 10.7. The van der Waals surface area contributed by atoms with Crippen LogP contribution in [0, 0.1) is 16.7 Å². The number of nitrogens with one attached hydrogen (secondary N) is 1. The minimum absolute atomic E-state index is 0.0218. The van der Waals surface area contributed by atoms with Gasteiger partial charge >= 0.3 is 5.97 Å². The molecule has 2 bridgehead atoms. The SMILES string of the molecule is COc1cc(NCc2cc(Br)ccc2O)ccc1C(=O)OC1CC2CCC1(C)C2(C)C. The Morgan fingerprint density at radius 3 is 2.65 bits per heavy atom. The molecule has 2 aromatic carbocycles. The van der Waals surface area contributed by atoms with E-state index in [9.17, 15) is 9.90 Å². The van der Waals surface area contributed by atoms with Gasteiger partial charge in [0.25, 0.3) is 0 Å². The van der Waals surface area contributed by atoms with Gasteiger partial charge < -0.3 is 19.9 Å². The number of esters is 1. The van der Waals surface area contributed by atoms with Crippen LogP contribution in [0.4, 0.5) is 5.69 Å². The molecule has 2 saturated carbocycles. The number of benzene rings is 2. The third kappa shape index (κ3) is 3.79. The molecule has 2 N–H and O–H groups in total. The maximum Gasteiger partial charge on any atom is 0.342 e. The third-order valence-electron chi connectivity index (χ3n) is 7.91. The lowest BCUT2D eigenvalue weighted by Crippen LogP contribution is -2.38. The van der Waals surface area contributed by atoms with Gasteiger partial charge in [-0.25, -0.2) is 4.79 Å². The predicted molar refractivity (Wildman–Crippen MR) is 125 cm³/mol. The lowest BCUT2D eigenvalue weighted by molar-refractivity contribution is -0.0244. The zero-order valence-corrected chi connectivity index (χ0v) is 20.1. The number of hydrogen-bond donors (Lipinski definition) is 2. The first-order chi connectivity index (χ1) is 14.7. The van der Waals surface area contributed by atoms with Crippen LogP contribution < -0.4 is 10.1 Å². The number of halogens is 1. The van der Waals surface area contributed by atoms with Gasteiger partial charge in [-0.2, -0.15) is 0 Å². The van der Waals surface area contributed by atoms with Crippen molar-refractivity contribution in [2.75, 3.05) is 12.4 Å². The molecule has 2 aliphatic rings. The van der Waals surface area contributed by atoms with Crippen LogP contribution in [0.2, 0.25) is 0 Å². The van der Waals surface area contributed by atoms with Gasteiger partial charge in [-0.3, -0.25) is 0 Å². The molecule has 6 heteroatoms. The molecule has 166 valence electrons. The second-order valence-electron chi connectivity index (χ2n) is 9.55. The van der Waals surface area contributed by atoms with Crippen LogP contribution in [-0.4, -0.2) is 24.3 Å². The summed E-state index contributed by atoms with van der Waals surface area (Å²) in [4.78, 5) is 13.0. The summed E-state index contributed by atoms with van der Waals surface area (Å²) in [5.74, 6) is 0.979. The first-order valence-electron chi connectivity index (χ1n) is 10.8. The number of fused-ring (bicyclic) bond motifs is 2. The van der Waals surface area contributed by atoms with E-state index in [1.54, 1.807) is 31.4 Å². The van der Waals surface area contributed by atoms with Crippen LogP contribution in [0.1, 0.15) is 56.0 Å². The number of phenols is 1. The van der Waals surface area contributed by atoms with E-state index in [0.717, 1.165) is 28.6 Å². The highest BCUT2D eigenvalue weighted by Crippen LogP contribution is 2.66. The Bertz CT molecular complexity index is 1010. The molecule has 0 amide bonds. The molecule has 0 radical (unpaired) electrons. The number of carbonyl (C=O) groups is 1. The van der Waals surface area contributed by atoms with Crippen molar-refractivity contribution in [3.8, 4) is 11.5 Å². The van der Waals surface area contributed by atoms with Crippen molar-refractivity contribution >= 4 is 27.6 Å². The van der Waals surface area contributed by atoms with Gasteiger partial charge in [0.15, 0.2) is 0 Å². The van der Waals surface area contributed by atoms with Crippen LogP contribution in [0.15, 0.2) is 40.9 Å². The second-order valence-corrected chi connectivity index (χ2v) is 10.5. The highest BCUT2D eigenvalue weighted by atomic mass is 79.9. The van der Waals surface area contributed by atoms with Crippen LogP contribution in [0.3, 0.4) is 0 Å². The summed E-state index contributed by atoms with van der Waals surface area (Å²) in [6.07, 6.45) is 3.20. The van der Waals surface area contributed by atoms with Crippen LogP contribution in [0.25, 0.3) is 0 Å². The molecule has 4 rings (SSSR count). The minimum atomic E-state index is -0.331. The Balaban J connectivity index is 1.47. The molecular weight excluding hydrogens is 458 g/mol. The van der Waals surface area contributed by atoms with Crippen LogP contribution in [0.5, 0.6) is 11.5 Å². The molecule has 2 aromatic rings. The number of phenolic OH excluding ortho intramolecular Hbond substituents is 1. The van der Waals surface area contributed by atoms with E-state index in [0.29, 0.717) is 23.8 Å². The van der Waals surface area contributed by atoms with Gasteiger partial charge in [0.05, 0.1) is 7.11 Å². The fourth-order valence-corrected chi connectivity index (χ4v) is 5.77. The van der Waals surface area contributed by atoms with Crippen molar-refractivity contribution < 1.29 is 19.4 Å². The number of aromatic hydroxyl groups is 1. The lowest BCUT2D eigenvalue weighted by Gasteiger charge is -2.38. The number of ether oxygens (including phenoxy) is 2. The fraction of sp³-hybridized carbons (Fsp3) is 0.480. The molecule has 0 saturated heterocycles. The van der Waals surface area contributed by atoms with Crippen molar-refractivity contribution in [3.63, 3.8) is 0 Å². The maximum absolute atomic E-state index is 13.0. The molecule has 2 fully saturated rings. The van der Waals surface area contributed by atoms with Crippen molar-refractivity contribution in [2.24, 2.45) is 16.7 Å². The number of hydrogen-bond acceptors (Lipinski definition) is 5. The largest absolute Gasteiger partial charge is 0.508 e. The lowest BCUT2D eigenvalue weighted by atomic mass is 9.70. The summed E-state index contributed by atoms with van der Waals surface area (Å²) in [6.45, 7) is 7.32. The first-order valence-corrected chi connectivity index (χ1v) is 11.6. The Morgan fingerprint density at radius 1 is 1.23 bits per heavy atom. The van der Waals surface area contributed by atoms with E-state index < -0.39 is 0 Å². The van der Waals surface area contributed by atoms with E-state index in [2.05, 4.69) is 42.0 Å². The quantitative estimate of drug-likeness (QED) is 0.478. The van der Waals surface area contributed by atoms with Crippen molar-refractivity contribution in [2.45, 2.75) is 52.7 Å². The van der Waals surface area contributed by atoms with Gasteiger partial charge in [0.2, 0.25) is 0 Å². The molecule has 2 aliphatic carbocycles. The second kappa shape index (κ2) is 8.05. The normalized spacial score (nSPS) is 26.0.